The van der Waals surface area contributed by atoms with Crippen molar-refractivity contribution in [3.63, 3.8) is 0 Å². The molecule has 37 heavy (non-hydrogen) atoms. The quantitative estimate of drug-likeness (QED) is 0.348. The monoisotopic (exact) mass is 542 g/mol. The van der Waals surface area contributed by atoms with Gasteiger partial charge in [-0.1, -0.05) is 50.2 Å². The molecule has 0 saturated heterocycles. The third-order valence-corrected chi connectivity index (χ3v) is 13.6. The van der Waals surface area contributed by atoms with E-state index in [-0.39, 0.29) is 22.3 Å². The highest BCUT2D eigenvalue weighted by atomic mass is 32.3. The van der Waals surface area contributed by atoms with E-state index in [0.717, 1.165) is 18.6 Å². The van der Waals surface area contributed by atoms with Crippen LogP contribution in [0.15, 0.2) is 87.5 Å². The van der Waals surface area contributed by atoms with Crippen LogP contribution >= 0.6 is 10.3 Å². The molecule has 0 heterocycles. The van der Waals surface area contributed by atoms with Gasteiger partial charge < -0.3 is 15.3 Å². The van der Waals surface area contributed by atoms with Gasteiger partial charge in [-0.05, 0) is 58.7 Å². The summed E-state index contributed by atoms with van der Waals surface area (Å²) < 4.78 is 34.4. The van der Waals surface area contributed by atoms with Gasteiger partial charge in [0.2, 0.25) is 0 Å². The molecule has 2 bridgehead atoms. The molecule has 2 atom stereocenters. The number of phenols is 3. The van der Waals surface area contributed by atoms with Crippen LogP contribution in [0.25, 0.3) is 0 Å². The number of phenolic OH excluding ortho intramolecular Hbond substituents is 3. The zero-order valence-electron chi connectivity index (χ0n) is 20.6. The molecule has 3 N–H and O–H groups in total. The molecule has 2 aliphatic carbocycles. The Kier molecular flexibility index (Phi) is 6.09. The summed E-state index contributed by atoms with van der Waals surface area (Å²) in [7, 11) is -7.72. The minimum atomic E-state index is -4.43. The summed E-state index contributed by atoms with van der Waals surface area (Å²) in [6, 6.07) is 19.2. The van der Waals surface area contributed by atoms with Crippen molar-refractivity contribution in [1.29, 1.82) is 0 Å². The van der Waals surface area contributed by atoms with E-state index in [1.807, 2.05) is 13.8 Å². The summed E-state index contributed by atoms with van der Waals surface area (Å²) in [5.74, 6) is -1.82. The van der Waals surface area contributed by atoms with Gasteiger partial charge in [0, 0.05) is 28.3 Å². The minimum absolute atomic E-state index is 0.0590. The maximum atomic E-state index is 14.1. The number of ketones is 1. The van der Waals surface area contributed by atoms with Crippen molar-refractivity contribution in [2.24, 2.45) is 16.7 Å². The van der Waals surface area contributed by atoms with Crippen LogP contribution in [0.2, 0.25) is 0 Å². The molecule has 0 spiro atoms. The Balaban J connectivity index is 1.74. The first kappa shape index (κ1) is 25.6. The van der Waals surface area contributed by atoms with E-state index >= 15 is 0 Å². The van der Waals surface area contributed by atoms with Gasteiger partial charge in [-0.2, -0.15) is 8.42 Å². The number of rotatable bonds is 7. The van der Waals surface area contributed by atoms with Gasteiger partial charge >= 0.3 is 0 Å². The number of hydrogen-bond acceptors (Lipinski definition) is 7. The van der Waals surface area contributed by atoms with Gasteiger partial charge in [-0.3, -0.25) is 4.79 Å². The standard InChI is InChI=1S/C28H30O7S2/c1-27(2)19-13-14-28(27,25(32)15-19)18-36(33,34)35-37(21-9-5-3-6-10-21,22-11-7-4-8-12-22)26-23(30)16-20(29)17-24(26)31/h3-12,16-17,19,29-31H,13-15,18H2,1-2H3. The third-order valence-electron chi connectivity index (χ3n) is 8.24. The molecule has 0 radical (unpaired) electrons. The molecule has 2 saturated carbocycles. The Labute approximate surface area is 218 Å². The zero-order valence-corrected chi connectivity index (χ0v) is 22.3. The molecule has 3 aromatic carbocycles. The minimum Gasteiger partial charge on any atom is -0.508 e. The molecule has 196 valence electrons. The fraction of sp³-hybridized carbons (Fsp3) is 0.321. The van der Waals surface area contributed by atoms with E-state index in [0.29, 0.717) is 22.6 Å². The molecule has 0 amide bonds. The van der Waals surface area contributed by atoms with Gasteiger partial charge in [-0.15, -0.1) is 0 Å². The summed E-state index contributed by atoms with van der Waals surface area (Å²) in [4.78, 5) is 13.8. The summed E-state index contributed by atoms with van der Waals surface area (Å²) in [6.07, 6.45) is 1.61. The van der Waals surface area contributed by atoms with Crippen molar-refractivity contribution in [3.8, 4) is 17.2 Å². The summed E-state index contributed by atoms with van der Waals surface area (Å²) >= 11 is 0. The topological polar surface area (TPSA) is 121 Å². The first-order valence-electron chi connectivity index (χ1n) is 12.1. The lowest BCUT2D eigenvalue weighted by molar-refractivity contribution is -0.128. The number of carbonyl (C=O) groups excluding carboxylic acids is 1. The molecule has 0 aromatic heterocycles. The SMILES string of the molecule is CC1(C)C2CCC1(CS(=O)(=O)OS(c1ccccc1)(c1ccccc1)c1c(O)cc(O)cc1O)C(=O)C2. The maximum absolute atomic E-state index is 14.1. The second-order valence-corrected chi connectivity index (χ2v) is 14.8. The van der Waals surface area contributed by atoms with E-state index in [1.165, 1.54) is 0 Å². The van der Waals surface area contributed by atoms with E-state index in [9.17, 15) is 28.5 Å². The van der Waals surface area contributed by atoms with Gasteiger partial charge in [0.25, 0.3) is 10.1 Å². The molecule has 9 heteroatoms. The van der Waals surface area contributed by atoms with Crippen LogP contribution in [0.1, 0.15) is 33.1 Å². The van der Waals surface area contributed by atoms with Crippen molar-refractivity contribution in [3.05, 3.63) is 72.8 Å². The number of aromatic hydroxyl groups is 3. The molecule has 0 aliphatic heterocycles. The summed E-state index contributed by atoms with van der Waals surface area (Å²) in [6.45, 7) is 3.91. The number of carbonyl (C=O) groups is 1. The number of hydrogen-bond donors (Lipinski definition) is 3. The van der Waals surface area contributed by atoms with Gasteiger partial charge in [0.05, 0.1) is 11.2 Å². The highest BCUT2D eigenvalue weighted by molar-refractivity contribution is 8.33. The van der Waals surface area contributed by atoms with Crippen LogP contribution in [0.3, 0.4) is 0 Å². The molecular formula is C28H30O7S2. The molecule has 7 nitrogen and oxygen atoms in total. The fourth-order valence-corrected chi connectivity index (χ4v) is 12.3. The number of fused-ring (bicyclic) bond motifs is 2. The molecule has 2 fully saturated rings. The average Bonchev–Trinajstić information content (AvgIpc) is 3.18. The number of benzene rings is 3. The van der Waals surface area contributed by atoms with Crippen molar-refractivity contribution < 1.29 is 32.2 Å². The Morgan fingerprint density at radius 3 is 1.84 bits per heavy atom. The second-order valence-electron chi connectivity index (χ2n) is 10.4. The summed E-state index contributed by atoms with van der Waals surface area (Å²) in [5.41, 5.74) is -1.56. The first-order chi connectivity index (χ1) is 17.4. The second kappa shape index (κ2) is 8.79. The van der Waals surface area contributed by atoms with Crippen LogP contribution in [0, 0.1) is 16.7 Å². The predicted molar refractivity (Wildman–Crippen MR) is 140 cm³/mol. The molecule has 2 aliphatic rings. The van der Waals surface area contributed by atoms with Crippen molar-refractivity contribution in [1.82, 2.24) is 0 Å². The highest BCUT2D eigenvalue weighted by Gasteiger charge is 2.66. The molecule has 3 aromatic rings. The highest BCUT2D eigenvalue weighted by Crippen LogP contribution is 2.74. The van der Waals surface area contributed by atoms with Crippen LogP contribution in [0.4, 0.5) is 0 Å². The Morgan fingerprint density at radius 1 is 0.892 bits per heavy atom. The Morgan fingerprint density at radius 2 is 1.41 bits per heavy atom. The maximum Gasteiger partial charge on any atom is 0.278 e. The van der Waals surface area contributed by atoms with Crippen LogP contribution in [0.5, 0.6) is 17.2 Å². The lowest BCUT2D eigenvalue weighted by Crippen LogP contribution is -2.42. The van der Waals surface area contributed by atoms with E-state index in [2.05, 4.69) is 0 Å². The molecule has 5 rings (SSSR count). The normalized spacial score (nSPS) is 23.3. The molecule has 2 unspecified atom stereocenters. The van der Waals surface area contributed by atoms with Crippen molar-refractivity contribution in [2.45, 2.75) is 47.8 Å². The first-order valence-corrected chi connectivity index (χ1v) is 15.2. The third kappa shape index (κ3) is 3.91. The average molecular weight is 543 g/mol. The van der Waals surface area contributed by atoms with Crippen molar-refractivity contribution >= 4 is 26.2 Å². The van der Waals surface area contributed by atoms with Gasteiger partial charge in [0.1, 0.15) is 27.9 Å². The zero-order chi connectivity index (χ0) is 26.6. The Hall–Kier alpha value is -3.01. The predicted octanol–water partition coefficient (Wildman–Crippen LogP) is 5.74. The van der Waals surface area contributed by atoms with Gasteiger partial charge in [-0.25, -0.2) is 3.63 Å². The lowest BCUT2D eigenvalue weighted by Gasteiger charge is -2.42. The van der Waals surface area contributed by atoms with E-state index in [1.54, 1.807) is 60.7 Å². The smallest absolute Gasteiger partial charge is 0.278 e. The van der Waals surface area contributed by atoms with Crippen LogP contribution < -0.4 is 0 Å². The van der Waals surface area contributed by atoms with Crippen LogP contribution in [-0.4, -0.2) is 35.3 Å². The number of Topliss-reactive ketones (excluding diaryl/α,β-unsaturated/α-hetero) is 1. The Bertz CT molecular complexity index is 1390. The lowest BCUT2D eigenvalue weighted by atomic mass is 9.70. The summed E-state index contributed by atoms with van der Waals surface area (Å²) in [5, 5.41) is 32.0. The van der Waals surface area contributed by atoms with E-state index in [4.69, 9.17) is 3.63 Å². The van der Waals surface area contributed by atoms with Crippen molar-refractivity contribution in [2.75, 3.05) is 5.75 Å². The largest absolute Gasteiger partial charge is 0.508 e. The molecular weight excluding hydrogens is 512 g/mol. The fourth-order valence-electron chi connectivity index (χ4n) is 6.18. The van der Waals surface area contributed by atoms with Crippen LogP contribution in [-0.2, 0) is 18.5 Å². The van der Waals surface area contributed by atoms with Gasteiger partial charge in [0.15, 0.2) is 0 Å². The van der Waals surface area contributed by atoms with E-state index < -0.39 is 48.5 Å².